The fourth-order valence-corrected chi connectivity index (χ4v) is 3.20. The van der Waals surface area contributed by atoms with E-state index < -0.39 is 0 Å². The molecule has 2 bridgehead atoms. The lowest BCUT2D eigenvalue weighted by molar-refractivity contribution is -0.125. The van der Waals surface area contributed by atoms with Gasteiger partial charge in [-0.3, -0.25) is 9.69 Å². The molecule has 1 unspecified atom stereocenters. The maximum atomic E-state index is 11.6. The second-order valence-corrected chi connectivity index (χ2v) is 4.89. The number of Topliss-reactive ketones (excluding diaryl/α,β-unsaturated/α-hetero) is 1. The Labute approximate surface area is 86.7 Å². The minimum atomic E-state index is 0.274. The highest BCUT2D eigenvalue weighted by Gasteiger charge is 2.44. The van der Waals surface area contributed by atoms with Gasteiger partial charge in [0.15, 0.2) is 0 Å². The van der Waals surface area contributed by atoms with Crippen LogP contribution in [0, 0.1) is 5.92 Å². The summed E-state index contributed by atoms with van der Waals surface area (Å²) in [5, 5.41) is 0. The van der Waals surface area contributed by atoms with Gasteiger partial charge in [-0.1, -0.05) is 19.8 Å². The maximum Gasteiger partial charge on any atom is 0.150 e. The molecule has 2 rings (SSSR count). The summed E-state index contributed by atoms with van der Waals surface area (Å²) >= 11 is 0. The molecular weight excluding hydrogens is 174 g/mol. The van der Waals surface area contributed by atoms with Crippen LogP contribution in [-0.2, 0) is 4.79 Å². The van der Waals surface area contributed by atoms with E-state index in [1.807, 2.05) is 0 Å². The smallest absolute Gasteiger partial charge is 0.150 e. The summed E-state index contributed by atoms with van der Waals surface area (Å²) in [5.41, 5.74) is 0. The van der Waals surface area contributed by atoms with Gasteiger partial charge in [0.05, 0.1) is 6.04 Å². The maximum absolute atomic E-state index is 11.6. The van der Waals surface area contributed by atoms with Crippen LogP contribution in [0.2, 0.25) is 0 Å². The minimum absolute atomic E-state index is 0.274. The van der Waals surface area contributed by atoms with Gasteiger partial charge >= 0.3 is 0 Å². The number of fused-ring (bicyclic) bond motifs is 2. The minimum Gasteiger partial charge on any atom is -0.298 e. The summed E-state index contributed by atoms with van der Waals surface area (Å²) in [6, 6.07) is 0.986. The van der Waals surface area contributed by atoms with E-state index in [9.17, 15) is 4.79 Å². The lowest BCUT2D eigenvalue weighted by Gasteiger charge is -2.31. The van der Waals surface area contributed by atoms with Crippen molar-refractivity contribution in [2.75, 3.05) is 7.05 Å². The van der Waals surface area contributed by atoms with Crippen LogP contribution in [0.3, 0.4) is 0 Å². The molecular formula is C12H21NO. The summed E-state index contributed by atoms with van der Waals surface area (Å²) in [6.07, 6.45) is 7.03. The Bertz CT molecular complexity index is 226. The Morgan fingerprint density at radius 1 is 1.50 bits per heavy atom. The van der Waals surface area contributed by atoms with Gasteiger partial charge in [-0.25, -0.2) is 0 Å². The number of hydrogen-bond acceptors (Lipinski definition) is 2. The molecule has 80 valence electrons. The van der Waals surface area contributed by atoms with E-state index in [1.165, 1.54) is 19.3 Å². The lowest BCUT2D eigenvalue weighted by Crippen LogP contribution is -2.43. The third-order valence-electron chi connectivity index (χ3n) is 4.07. The first-order valence-electron chi connectivity index (χ1n) is 5.98. The largest absolute Gasteiger partial charge is 0.298 e. The van der Waals surface area contributed by atoms with E-state index in [-0.39, 0.29) is 6.04 Å². The number of likely N-dealkylation sites (N-methyl/N-ethyl adjacent to an activating group) is 1. The highest BCUT2D eigenvalue weighted by atomic mass is 16.1. The third kappa shape index (κ3) is 1.60. The standard InChI is InChI=1S/C12H21NO/c1-3-4-5-9-8-11-12(14)7-6-10(9)13(11)2/h9-11H,3-8H2,1-2H3/t9?,10-,11-/m1/s1. The molecule has 2 fully saturated rings. The molecule has 2 nitrogen and oxygen atoms in total. The van der Waals surface area contributed by atoms with E-state index in [0.717, 1.165) is 25.2 Å². The van der Waals surface area contributed by atoms with Crippen LogP contribution >= 0.6 is 0 Å². The number of carbonyl (C=O) groups excluding carboxylic acids is 1. The summed E-state index contributed by atoms with van der Waals surface area (Å²) in [5.74, 6) is 1.29. The van der Waals surface area contributed by atoms with Gasteiger partial charge in [0, 0.05) is 12.5 Å². The van der Waals surface area contributed by atoms with E-state index >= 15 is 0 Å². The molecule has 0 spiro atoms. The van der Waals surface area contributed by atoms with Crippen molar-refractivity contribution < 1.29 is 4.79 Å². The number of rotatable bonds is 3. The van der Waals surface area contributed by atoms with Crippen molar-refractivity contribution in [3.63, 3.8) is 0 Å². The van der Waals surface area contributed by atoms with E-state index in [1.54, 1.807) is 0 Å². The molecule has 0 aromatic carbocycles. The molecule has 0 N–H and O–H groups in total. The molecule has 0 radical (unpaired) electrons. The zero-order valence-electron chi connectivity index (χ0n) is 9.33. The first-order chi connectivity index (χ1) is 6.74. The van der Waals surface area contributed by atoms with Crippen molar-refractivity contribution in [2.45, 2.75) is 57.5 Å². The third-order valence-corrected chi connectivity index (χ3v) is 4.07. The van der Waals surface area contributed by atoms with Crippen molar-refractivity contribution in [3.8, 4) is 0 Å². The highest BCUT2D eigenvalue weighted by Crippen LogP contribution is 2.39. The number of nitrogens with zero attached hydrogens (tertiary/aromatic N) is 1. The van der Waals surface area contributed by atoms with Gasteiger partial charge in [0.1, 0.15) is 5.78 Å². The monoisotopic (exact) mass is 195 g/mol. The zero-order valence-corrected chi connectivity index (χ0v) is 9.33. The number of ketones is 1. The number of piperidine rings is 1. The molecule has 2 heteroatoms. The molecule has 3 atom stereocenters. The number of hydrogen-bond donors (Lipinski definition) is 0. The Kier molecular flexibility index (Phi) is 2.91. The van der Waals surface area contributed by atoms with Crippen LogP contribution in [0.1, 0.15) is 45.4 Å². The van der Waals surface area contributed by atoms with Crippen molar-refractivity contribution in [1.29, 1.82) is 0 Å². The quantitative estimate of drug-likeness (QED) is 0.688. The SMILES string of the molecule is CCCCC1C[C@@H]2C(=O)CC[C@H]1N2C. The molecule has 2 aliphatic heterocycles. The van der Waals surface area contributed by atoms with E-state index in [4.69, 9.17) is 0 Å². The normalized spacial score (nSPS) is 37.9. The van der Waals surface area contributed by atoms with Crippen molar-refractivity contribution in [1.82, 2.24) is 4.90 Å². The average Bonchev–Trinajstić information content (AvgIpc) is 2.37. The van der Waals surface area contributed by atoms with Gasteiger partial charge in [0.25, 0.3) is 0 Å². The van der Waals surface area contributed by atoms with E-state index in [0.29, 0.717) is 11.8 Å². The van der Waals surface area contributed by atoms with Crippen LogP contribution in [0.4, 0.5) is 0 Å². The molecule has 14 heavy (non-hydrogen) atoms. The van der Waals surface area contributed by atoms with Gasteiger partial charge in [-0.05, 0) is 32.2 Å². The molecule has 2 heterocycles. The Morgan fingerprint density at radius 3 is 2.93 bits per heavy atom. The van der Waals surface area contributed by atoms with Crippen LogP contribution in [0.5, 0.6) is 0 Å². The topological polar surface area (TPSA) is 20.3 Å². The molecule has 2 aliphatic rings. The Morgan fingerprint density at radius 2 is 2.29 bits per heavy atom. The first-order valence-corrected chi connectivity index (χ1v) is 5.98. The molecule has 2 saturated heterocycles. The lowest BCUT2D eigenvalue weighted by atomic mass is 9.93. The van der Waals surface area contributed by atoms with Gasteiger partial charge in [-0.2, -0.15) is 0 Å². The van der Waals surface area contributed by atoms with Crippen LogP contribution < -0.4 is 0 Å². The predicted octanol–water partition coefficient (Wildman–Crippen LogP) is 2.23. The highest BCUT2D eigenvalue weighted by molar-refractivity contribution is 5.85. The summed E-state index contributed by atoms with van der Waals surface area (Å²) in [7, 11) is 2.14. The van der Waals surface area contributed by atoms with Crippen molar-refractivity contribution in [2.24, 2.45) is 5.92 Å². The second kappa shape index (κ2) is 4.01. The molecule has 0 amide bonds. The number of carbonyl (C=O) groups is 1. The molecule has 0 aliphatic carbocycles. The first kappa shape index (κ1) is 10.2. The van der Waals surface area contributed by atoms with Crippen molar-refractivity contribution >= 4 is 5.78 Å². The van der Waals surface area contributed by atoms with Crippen LogP contribution in [0.25, 0.3) is 0 Å². The molecule has 0 aromatic rings. The van der Waals surface area contributed by atoms with Crippen molar-refractivity contribution in [3.05, 3.63) is 0 Å². The molecule has 0 saturated carbocycles. The fourth-order valence-electron chi connectivity index (χ4n) is 3.20. The van der Waals surface area contributed by atoms with Crippen LogP contribution in [-0.4, -0.2) is 29.8 Å². The number of unbranched alkanes of at least 4 members (excludes halogenated alkanes) is 1. The Hall–Kier alpha value is -0.370. The predicted molar refractivity (Wildman–Crippen MR) is 57.2 cm³/mol. The zero-order chi connectivity index (χ0) is 10.1. The van der Waals surface area contributed by atoms with E-state index in [2.05, 4.69) is 18.9 Å². The second-order valence-electron chi connectivity index (χ2n) is 4.89. The van der Waals surface area contributed by atoms with Gasteiger partial charge < -0.3 is 0 Å². The van der Waals surface area contributed by atoms with Gasteiger partial charge in [-0.15, -0.1) is 0 Å². The van der Waals surface area contributed by atoms with Gasteiger partial charge in [0.2, 0.25) is 0 Å². The average molecular weight is 195 g/mol. The molecule has 0 aromatic heterocycles. The summed E-state index contributed by atoms with van der Waals surface area (Å²) < 4.78 is 0. The fraction of sp³-hybridized carbons (Fsp3) is 0.917. The Balaban J connectivity index is 2.00. The summed E-state index contributed by atoms with van der Waals surface area (Å²) in [4.78, 5) is 14.0. The summed E-state index contributed by atoms with van der Waals surface area (Å²) in [6.45, 7) is 2.25. The van der Waals surface area contributed by atoms with Crippen LogP contribution in [0.15, 0.2) is 0 Å².